The van der Waals surface area contributed by atoms with Crippen molar-refractivity contribution >= 4 is 10.1 Å². The summed E-state index contributed by atoms with van der Waals surface area (Å²) in [5.74, 6) is -0.368. The van der Waals surface area contributed by atoms with Crippen LogP contribution in [-0.2, 0) is 10.1 Å². The number of hydrogen-bond acceptors (Lipinski definition) is 2. The second kappa shape index (κ2) is 9.13. The second-order valence-corrected chi connectivity index (χ2v) is 2.78. The van der Waals surface area contributed by atoms with E-state index in [9.17, 15) is 21.6 Å². The Morgan fingerprint density at radius 1 is 1.50 bits per heavy atom. The van der Waals surface area contributed by atoms with Gasteiger partial charge in [0.05, 0.1) is 5.75 Å². The molecule has 0 aromatic carbocycles. The fraction of sp³-hybridized carbons (Fsp3) is 0.500. The minimum atomic E-state index is -3.79. The summed E-state index contributed by atoms with van der Waals surface area (Å²) in [6, 6.07) is 0. The summed E-state index contributed by atoms with van der Waals surface area (Å²) < 4.78 is 56.3. The van der Waals surface area contributed by atoms with Crippen molar-refractivity contribution in [3.05, 3.63) is 12.7 Å². The smallest absolute Gasteiger partial charge is 1.00 e. The molecular weight excluding hydrogens is 192 g/mol. The van der Waals surface area contributed by atoms with E-state index in [0.29, 0.717) is 0 Å². The zero-order valence-electron chi connectivity index (χ0n) is 7.37. The van der Waals surface area contributed by atoms with E-state index < -0.39 is 16.8 Å². The van der Waals surface area contributed by atoms with Gasteiger partial charge in [0.15, 0.2) is 0 Å². The predicted molar refractivity (Wildman–Crippen MR) is 34.8 cm³/mol. The molecule has 0 unspecified atom stereocenters. The van der Waals surface area contributed by atoms with Crippen molar-refractivity contribution < 1.29 is 46.4 Å². The van der Waals surface area contributed by atoms with Gasteiger partial charge in [0, 0.05) is 0 Å². The molecule has 70 valence electrons. The molecule has 8 heteroatoms. The van der Waals surface area contributed by atoms with Crippen molar-refractivity contribution in [1.82, 2.24) is 0 Å². The van der Waals surface area contributed by atoms with Crippen molar-refractivity contribution in [2.45, 2.75) is 6.68 Å². The molecule has 0 aliphatic carbocycles. The van der Waals surface area contributed by atoms with Gasteiger partial charge in [0.25, 0.3) is 10.1 Å². The van der Waals surface area contributed by atoms with E-state index >= 15 is 0 Å². The van der Waals surface area contributed by atoms with Crippen LogP contribution >= 0.6 is 0 Å². The van der Waals surface area contributed by atoms with E-state index in [1.165, 1.54) is 0 Å². The number of rotatable bonds is 2. The summed E-state index contributed by atoms with van der Waals surface area (Å²) in [4.78, 5) is 0. The number of alkyl halides is 3. The molecule has 12 heavy (non-hydrogen) atoms. The van der Waals surface area contributed by atoms with Crippen LogP contribution in [0.2, 0.25) is 0 Å². The molecule has 0 amide bonds. The third kappa shape index (κ3) is 50.3. The molecule has 0 aromatic heterocycles. The Morgan fingerprint density at radius 3 is 1.75 bits per heavy atom. The molecule has 0 atom stereocenters. The van der Waals surface area contributed by atoms with Gasteiger partial charge in [0.1, 0.15) is 0 Å². The molecule has 0 heterocycles. The Morgan fingerprint density at radius 2 is 1.75 bits per heavy atom. The van der Waals surface area contributed by atoms with Crippen LogP contribution in [0.1, 0.15) is 1.43 Å². The number of hydrogen-bond donors (Lipinski definition) is 1. The average Bonchev–Trinajstić information content (AvgIpc) is 1.58. The van der Waals surface area contributed by atoms with Crippen LogP contribution in [0.15, 0.2) is 12.7 Å². The Balaban J connectivity index is -0.0000000600. The molecule has 0 spiro atoms. The third-order valence-corrected chi connectivity index (χ3v) is 0.985. The van der Waals surface area contributed by atoms with E-state index in [2.05, 4.69) is 6.58 Å². The molecule has 0 fully saturated rings. The van der Waals surface area contributed by atoms with Gasteiger partial charge in [-0.05, 0) is 0 Å². The molecule has 0 saturated carbocycles. The molecule has 0 aromatic rings. The summed E-state index contributed by atoms with van der Waals surface area (Å²) in [6.07, 6.45) is 1.12. The van der Waals surface area contributed by atoms with Gasteiger partial charge in [-0.3, -0.25) is 4.55 Å². The summed E-state index contributed by atoms with van der Waals surface area (Å²) >= 11 is 0. The summed E-state index contributed by atoms with van der Waals surface area (Å²) in [6.45, 7) is -0.560. The summed E-state index contributed by atoms with van der Waals surface area (Å²) in [7, 11) is -3.79. The Kier molecular flexibility index (Phi) is 13.7. The zero-order chi connectivity index (χ0) is 9.49. The molecule has 0 radical (unpaired) electrons. The largest absolute Gasteiger partial charge is 1.00 e. The van der Waals surface area contributed by atoms with Crippen LogP contribution in [-0.4, -0.2) is 25.4 Å². The maximum absolute atomic E-state index is 9.72. The Labute approximate surface area is 82.1 Å². The van der Waals surface area contributed by atoms with Gasteiger partial charge in [-0.2, -0.15) is 21.6 Å². The maximum Gasteiger partial charge on any atom is 1.00 e. The van der Waals surface area contributed by atoms with Crippen molar-refractivity contribution in [2.75, 3.05) is 5.75 Å². The zero-order valence-corrected chi connectivity index (χ0v) is 7.19. The van der Waals surface area contributed by atoms with Crippen molar-refractivity contribution in [3.8, 4) is 0 Å². The molecule has 0 saturated heterocycles. The number of halogens is 3. The van der Waals surface area contributed by atoms with Crippen LogP contribution < -0.4 is 18.9 Å². The van der Waals surface area contributed by atoms with Crippen LogP contribution in [0.5, 0.6) is 0 Å². The van der Waals surface area contributed by atoms with E-state index in [0.717, 1.165) is 6.08 Å². The van der Waals surface area contributed by atoms with Gasteiger partial charge in [-0.15, -0.1) is 6.58 Å². The Hall–Kier alpha value is 0.0374. The van der Waals surface area contributed by atoms with Gasteiger partial charge in [-0.25, -0.2) is 0 Å². The normalized spacial score (nSPS) is 9.42. The van der Waals surface area contributed by atoms with Crippen molar-refractivity contribution in [3.63, 3.8) is 0 Å². The molecular formula is C4H8F3LiO3S. The van der Waals surface area contributed by atoms with Gasteiger partial charge in [0.2, 0.25) is 0 Å². The Bertz CT molecular complexity index is 194. The van der Waals surface area contributed by atoms with Crippen molar-refractivity contribution in [1.29, 1.82) is 0 Å². The molecule has 3 nitrogen and oxygen atoms in total. The molecule has 0 aliphatic heterocycles. The monoisotopic (exact) mass is 200 g/mol. The summed E-state index contributed by atoms with van der Waals surface area (Å²) in [5.41, 5.74) is 0. The molecule has 0 rings (SSSR count). The van der Waals surface area contributed by atoms with E-state index in [4.69, 9.17) is 4.55 Å². The first-order valence-corrected chi connectivity index (χ1v) is 3.88. The molecule has 1 N–H and O–H groups in total. The average molecular weight is 200 g/mol. The fourth-order valence-electron chi connectivity index (χ4n) is 0.149. The molecule has 0 aliphatic rings. The summed E-state index contributed by atoms with van der Waals surface area (Å²) in [5, 5.41) is 0. The van der Waals surface area contributed by atoms with E-state index in [-0.39, 0.29) is 26.0 Å². The van der Waals surface area contributed by atoms with Gasteiger partial charge >= 0.3 is 25.5 Å². The molecule has 0 bridgehead atoms. The van der Waals surface area contributed by atoms with E-state index in [1.54, 1.807) is 0 Å². The standard InChI is InChI=1S/C3H6O3S.CHF3.Li.H/c1-2-3-7(4,5)6;2-1(3)4;;/h2H,1,3H2,(H,4,5,6);1H;;/q;;+1;-1. The van der Waals surface area contributed by atoms with Crippen molar-refractivity contribution in [2.24, 2.45) is 0 Å². The SMILES string of the molecule is C=CCS(=O)(=O)O.FC(F)F.[H-].[Li+]. The topological polar surface area (TPSA) is 54.4 Å². The minimum Gasteiger partial charge on any atom is -1.00 e. The fourth-order valence-corrected chi connectivity index (χ4v) is 0.447. The maximum atomic E-state index is 9.72. The van der Waals surface area contributed by atoms with Crippen LogP contribution in [0.3, 0.4) is 0 Å². The second-order valence-electron chi connectivity index (χ2n) is 1.28. The van der Waals surface area contributed by atoms with Crippen LogP contribution in [0, 0.1) is 0 Å². The first-order valence-electron chi connectivity index (χ1n) is 2.28. The van der Waals surface area contributed by atoms with Gasteiger partial charge < -0.3 is 1.43 Å². The van der Waals surface area contributed by atoms with Crippen LogP contribution in [0.4, 0.5) is 13.2 Å². The van der Waals surface area contributed by atoms with Gasteiger partial charge in [-0.1, -0.05) is 6.08 Å². The third-order valence-electron chi connectivity index (χ3n) is 0.328. The minimum absolute atomic E-state index is 0. The van der Waals surface area contributed by atoms with E-state index in [1.807, 2.05) is 0 Å². The quantitative estimate of drug-likeness (QED) is 0.330. The first kappa shape index (κ1) is 18.0. The predicted octanol–water partition coefficient (Wildman–Crippen LogP) is -1.64. The first-order chi connectivity index (χ1) is 4.79. The van der Waals surface area contributed by atoms with Crippen LogP contribution in [0.25, 0.3) is 0 Å².